The molecule has 0 aromatic carbocycles. The summed E-state index contributed by atoms with van der Waals surface area (Å²) in [7, 11) is 0. The summed E-state index contributed by atoms with van der Waals surface area (Å²) in [6.45, 7) is 14.4. The van der Waals surface area contributed by atoms with Crippen LogP contribution in [0.5, 0.6) is 0 Å². The van der Waals surface area contributed by atoms with Crippen LogP contribution in [-0.2, 0) is 9.47 Å². The minimum absolute atomic E-state index is 0.131. The number of hydrogen-bond donors (Lipinski definition) is 0. The van der Waals surface area contributed by atoms with Crippen LogP contribution in [-0.4, -0.2) is 25.5 Å². The van der Waals surface area contributed by atoms with E-state index in [0.29, 0.717) is 13.2 Å². The van der Waals surface area contributed by atoms with Crippen molar-refractivity contribution in [2.45, 2.75) is 26.6 Å². The van der Waals surface area contributed by atoms with Gasteiger partial charge in [0.05, 0.1) is 13.2 Å². The summed E-state index contributed by atoms with van der Waals surface area (Å²) in [5.74, 6) is -0.672. The second-order valence-electron chi connectivity index (χ2n) is 4.02. The van der Waals surface area contributed by atoms with Crippen molar-refractivity contribution in [1.82, 2.24) is 0 Å². The molecule has 0 aromatic heterocycles. The number of nitrogens with zero attached hydrogens (tertiary/aromatic N) is 1. The molecular formula is C9H15NO2. The zero-order valence-electron chi connectivity index (χ0n) is 7.89. The van der Waals surface area contributed by atoms with Gasteiger partial charge in [-0.1, -0.05) is 20.8 Å². The fourth-order valence-electron chi connectivity index (χ4n) is 1.32. The van der Waals surface area contributed by atoms with Crippen LogP contribution in [0, 0.1) is 12.0 Å². The van der Waals surface area contributed by atoms with E-state index in [1.54, 1.807) is 0 Å². The molecule has 3 nitrogen and oxygen atoms in total. The molecule has 1 heterocycles. The second kappa shape index (κ2) is 3.04. The molecule has 1 saturated heterocycles. The highest BCUT2D eigenvalue weighted by molar-refractivity contribution is 4.92. The van der Waals surface area contributed by atoms with Crippen molar-refractivity contribution in [3.63, 3.8) is 0 Å². The van der Waals surface area contributed by atoms with E-state index < -0.39 is 5.79 Å². The summed E-state index contributed by atoms with van der Waals surface area (Å²) in [4.78, 5) is 3.36. The van der Waals surface area contributed by atoms with Gasteiger partial charge in [0, 0.05) is 5.41 Å². The minimum atomic E-state index is -0.672. The van der Waals surface area contributed by atoms with E-state index in [9.17, 15) is 0 Å². The van der Waals surface area contributed by atoms with E-state index in [4.69, 9.17) is 16.0 Å². The summed E-state index contributed by atoms with van der Waals surface area (Å²) in [6, 6.07) is 0. The van der Waals surface area contributed by atoms with Gasteiger partial charge in [0.25, 0.3) is 6.54 Å². The lowest BCUT2D eigenvalue weighted by atomic mass is 9.85. The molecule has 0 atom stereocenters. The lowest BCUT2D eigenvalue weighted by Gasteiger charge is -2.34. The van der Waals surface area contributed by atoms with E-state index in [-0.39, 0.29) is 12.0 Å². The summed E-state index contributed by atoms with van der Waals surface area (Å²) < 4.78 is 11.0. The molecule has 12 heavy (non-hydrogen) atoms. The SMILES string of the molecule is [C-]#[N+]CC1(C(C)(C)C)OCCO1. The quantitative estimate of drug-likeness (QED) is 0.557. The first-order chi connectivity index (χ1) is 5.52. The Morgan fingerprint density at radius 1 is 1.33 bits per heavy atom. The predicted molar refractivity (Wildman–Crippen MR) is 45.6 cm³/mol. The van der Waals surface area contributed by atoms with E-state index in [1.165, 1.54) is 0 Å². The highest BCUT2D eigenvalue weighted by Gasteiger charge is 2.50. The Labute approximate surface area is 73.5 Å². The van der Waals surface area contributed by atoms with Crippen LogP contribution in [0.15, 0.2) is 0 Å². The van der Waals surface area contributed by atoms with Gasteiger partial charge in [0.15, 0.2) is 0 Å². The highest BCUT2D eigenvalue weighted by atomic mass is 16.7. The smallest absolute Gasteiger partial charge is 0.268 e. The molecule has 0 radical (unpaired) electrons. The van der Waals surface area contributed by atoms with Crippen molar-refractivity contribution in [3.8, 4) is 0 Å². The van der Waals surface area contributed by atoms with Gasteiger partial charge in [-0.05, 0) is 0 Å². The number of hydrogen-bond acceptors (Lipinski definition) is 2. The molecule has 3 heteroatoms. The van der Waals surface area contributed by atoms with Crippen LogP contribution in [0.1, 0.15) is 20.8 Å². The van der Waals surface area contributed by atoms with Crippen molar-refractivity contribution in [2.75, 3.05) is 19.8 Å². The van der Waals surface area contributed by atoms with E-state index in [1.807, 2.05) is 20.8 Å². The Kier molecular flexibility index (Phi) is 2.41. The topological polar surface area (TPSA) is 22.8 Å². The third-order valence-corrected chi connectivity index (χ3v) is 2.18. The molecule has 68 valence electrons. The zero-order valence-corrected chi connectivity index (χ0v) is 7.89. The monoisotopic (exact) mass is 169 g/mol. The Morgan fingerprint density at radius 3 is 2.17 bits per heavy atom. The maximum absolute atomic E-state index is 6.84. The lowest BCUT2D eigenvalue weighted by Crippen LogP contribution is -2.46. The molecule has 0 spiro atoms. The molecule has 0 saturated carbocycles. The van der Waals surface area contributed by atoms with Gasteiger partial charge < -0.3 is 14.3 Å². The van der Waals surface area contributed by atoms with Crippen molar-refractivity contribution in [3.05, 3.63) is 11.4 Å². The first-order valence-corrected chi connectivity index (χ1v) is 4.13. The number of rotatable bonds is 1. The molecular weight excluding hydrogens is 154 g/mol. The van der Waals surface area contributed by atoms with Gasteiger partial charge in [-0.15, -0.1) is 0 Å². The molecule has 0 unspecified atom stereocenters. The third kappa shape index (κ3) is 1.45. The average Bonchev–Trinajstić information content (AvgIpc) is 2.36. The van der Waals surface area contributed by atoms with Gasteiger partial charge in [-0.3, -0.25) is 0 Å². The van der Waals surface area contributed by atoms with E-state index >= 15 is 0 Å². The van der Waals surface area contributed by atoms with Crippen LogP contribution in [0.4, 0.5) is 0 Å². The van der Waals surface area contributed by atoms with Crippen molar-refractivity contribution in [1.29, 1.82) is 0 Å². The average molecular weight is 169 g/mol. The first-order valence-electron chi connectivity index (χ1n) is 4.13. The van der Waals surface area contributed by atoms with Crippen molar-refractivity contribution < 1.29 is 9.47 Å². The van der Waals surface area contributed by atoms with Crippen LogP contribution in [0.25, 0.3) is 4.85 Å². The highest BCUT2D eigenvalue weighted by Crippen LogP contribution is 2.38. The summed E-state index contributed by atoms with van der Waals surface area (Å²) in [5, 5.41) is 0. The van der Waals surface area contributed by atoms with Crippen molar-refractivity contribution in [2.24, 2.45) is 5.41 Å². The molecule has 1 aliphatic rings. The van der Waals surface area contributed by atoms with E-state index in [0.717, 1.165) is 0 Å². The van der Waals surface area contributed by atoms with Crippen LogP contribution >= 0.6 is 0 Å². The molecule has 0 amide bonds. The molecule has 1 rings (SSSR count). The minimum Gasteiger partial charge on any atom is -0.341 e. The fraction of sp³-hybridized carbons (Fsp3) is 0.889. The van der Waals surface area contributed by atoms with Gasteiger partial charge in [-0.2, -0.15) is 0 Å². The Bertz CT molecular complexity index is 194. The summed E-state index contributed by atoms with van der Waals surface area (Å²) in [6.07, 6.45) is 0. The largest absolute Gasteiger partial charge is 0.341 e. The van der Waals surface area contributed by atoms with Gasteiger partial charge >= 0.3 is 0 Å². The van der Waals surface area contributed by atoms with Gasteiger partial charge in [-0.25, -0.2) is 6.57 Å². The third-order valence-electron chi connectivity index (χ3n) is 2.18. The first kappa shape index (κ1) is 9.50. The molecule has 1 fully saturated rings. The van der Waals surface area contributed by atoms with Crippen molar-refractivity contribution >= 4 is 0 Å². The van der Waals surface area contributed by atoms with Gasteiger partial charge in [0.2, 0.25) is 5.79 Å². The molecule has 0 aromatic rings. The standard InChI is InChI=1S/C9H15NO2/c1-8(2,3)9(7-10-4)11-5-6-12-9/h5-7H2,1-3H3. The predicted octanol–water partition coefficient (Wildman–Crippen LogP) is 1.69. The zero-order chi connectivity index (χ0) is 9.24. The maximum atomic E-state index is 6.84. The fourth-order valence-corrected chi connectivity index (χ4v) is 1.32. The lowest BCUT2D eigenvalue weighted by molar-refractivity contribution is -0.209. The Hall–Kier alpha value is -0.590. The van der Waals surface area contributed by atoms with Gasteiger partial charge in [0.1, 0.15) is 0 Å². The Balaban J connectivity index is 2.80. The normalized spacial score (nSPS) is 22.2. The molecule has 0 N–H and O–H groups in total. The summed E-state index contributed by atoms with van der Waals surface area (Å²) >= 11 is 0. The number of ether oxygens (including phenoxy) is 2. The van der Waals surface area contributed by atoms with Crippen LogP contribution in [0.3, 0.4) is 0 Å². The van der Waals surface area contributed by atoms with E-state index in [2.05, 4.69) is 4.85 Å². The second-order valence-corrected chi connectivity index (χ2v) is 4.02. The Morgan fingerprint density at radius 2 is 1.83 bits per heavy atom. The molecule has 1 aliphatic heterocycles. The van der Waals surface area contributed by atoms with Crippen LogP contribution in [0.2, 0.25) is 0 Å². The maximum Gasteiger partial charge on any atom is 0.268 e. The van der Waals surface area contributed by atoms with Crippen LogP contribution < -0.4 is 0 Å². The molecule has 0 bridgehead atoms. The summed E-state index contributed by atoms with van der Waals surface area (Å²) in [5.41, 5.74) is -0.131. The molecule has 0 aliphatic carbocycles.